The van der Waals surface area contributed by atoms with Gasteiger partial charge in [0.25, 0.3) is 5.91 Å². The van der Waals surface area contributed by atoms with Crippen molar-refractivity contribution in [1.82, 2.24) is 15.1 Å². The molecule has 6 heteroatoms. The smallest absolute Gasteiger partial charge is 0.276 e. The second-order valence-corrected chi connectivity index (χ2v) is 4.61. The van der Waals surface area contributed by atoms with E-state index in [-0.39, 0.29) is 12.0 Å². The van der Waals surface area contributed by atoms with Gasteiger partial charge in [-0.2, -0.15) is 5.10 Å². The van der Waals surface area contributed by atoms with Crippen LogP contribution < -0.4 is 5.73 Å². The standard InChI is InChI=1S/C12H20N4O2/c1-3-4-9-10(13)11(15-14-9)12(17)16-6-5-8(7-16)18-2/h8H,3-7,13H2,1-2H3,(H,14,15). The zero-order chi connectivity index (χ0) is 13.1. The van der Waals surface area contributed by atoms with Gasteiger partial charge >= 0.3 is 0 Å². The molecular formula is C12H20N4O2. The third-order valence-corrected chi connectivity index (χ3v) is 3.35. The largest absolute Gasteiger partial charge is 0.395 e. The van der Waals surface area contributed by atoms with Crippen molar-refractivity contribution in [1.29, 1.82) is 0 Å². The number of nitrogens with one attached hydrogen (secondary N) is 1. The summed E-state index contributed by atoms with van der Waals surface area (Å²) < 4.78 is 5.25. The lowest BCUT2D eigenvalue weighted by atomic mass is 10.2. The SMILES string of the molecule is CCCc1[nH]nc(C(=O)N2CCC(OC)C2)c1N. The van der Waals surface area contributed by atoms with Crippen LogP contribution in [0.15, 0.2) is 0 Å². The second kappa shape index (κ2) is 5.39. The van der Waals surface area contributed by atoms with Crippen LogP contribution >= 0.6 is 0 Å². The fourth-order valence-corrected chi connectivity index (χ4v) is 2.25. The summed E-state index contributed by atoms with van der Waals surface area (Å²) in [6, 6.07) is 0. The molecule has 100 valence electrons. The molecule has 1 fully saturated rings. The molecule has 0 saturated carbocycles. The highest BCUT2D eigenvalue weighted by Gasteiger charge is 2.29. The first-order valence-corrected chi connectivity index (χ1v) is 6.32. The summed E-state index contributed by atoms with van der Waals surface area (Å²) in [6.45, 7) is 3.38. The number of carbonyl (C=O) groups excluding carboxylic acids is 1. The molecule has 0 aromatic carbocycles. The van der Waals surface area contributed by atoms with Gasteiger partial charge in [-0.25, -0.2) is 0 Å². The van der Waals surface area contributed by atoms with Crippen LogP contribution in [-0.4, -0.2) is 47.3 Å². The maximum atomic E-state index is 12.3. The number of nitrogens with zero attached hydrogens (tertiary/aromatic N) is 2. The number of H-pyrrole nitrogens is 1. The number of methoxy groups -OCH3 is 1. The van der Waals surface area contributed by atoms with Crippen LogP contribution in [0.3, 0.4) is 0 Å². The van der Waals surface area contributed by atoms with Crippen LogP contribution in [0.1, 0.15) is 35.9 Å². The number of hydrogen-bond donors (Lipinski definition) is 2. The molecule has 1 aliphatic rings. The lowest BCUT2D eigenvalue weighted by Crippen LogP contribution is -2.30. The van der Waals surface area contributed by atoms with Gasteiger partial charge in [0.05, 0.1) is 17.5 Å². The van der Waals surface area contributed by atoms with E-state index in [2.05, 4.69) is 17.1 Å². The Morgan fingerprint density at radius 3 is 3.06 bits per heavy atom. The second-order valence-electron chi connectivity index (χ2n) is 4.61. The average Bonchev–Trinajstić information content (AvgIpc) is 2.97. The molecule has 0 aliphatic carbocycles. The monoisotopic (exact) mass is 252 g/mol. The minimum atomic E-state index is -0.106. The molecule has 1 aromatic heterocycles. The molecule has 1 saturated heterocycles. The number of amides is 1. The molecule has 0 radical (unpaired) electrons. The van der Waals surface area contributed by atoms with Gasteiger partial charge in [-0.15, -0.1) is 0 Å². The maximum absolute atomic E-state index is 12.3. The molecule has 2 rings (SSSR count). The minimum Gasteiger partial charge on any atom is -0.395 e. The number of hydrogen-bond acceptors (Lipinski definition) is 4. The zero-order valence-electron chi connectivity index (χ0n) is 10.9. The van der Waals surface area contributed by atoms with Crippen molar-refractivity contribution in [2.24, 2.45) is 0 Å². The van der Waals surface area contributed by atoms with Gasteiger partial charge in [0.1, 0.15) is 0 Å². The Hall–Kier alpha value is -1.56. The van der Waals surface area contributed by atoms with Gasteiger partial charge in [0.15, 0.2) is 5.69 Å². The molecule has 0 bridgehead atoms. The van der Waals surface area contributed by atoms with Crippen molar-refractivity contribution in [3.05, 3.63) is 11.4 Å². The number of aromatic amines is 1. The topological polar surface area (TPSA) is 84.2 Å². The number of nitrogens with two attached hydrogens (primary N) is 1. The molecular weight excluding hydrogens is 232 g/mol. The van der Waals surface area contributed by atoms with E-state index in [9.17, 15) is 4.79 Å². The molecule has 0 spiro atoms. The average molecular weight is 252 g/mol. The van der Waals surface area contributed by atoms with Crippen LogP contribution in [0.4, 0.5) is 5.69 Å². The Morgan fingerprint density at radius 2 is 2.44 bits per heavy atom. The van der Waals surface area contributed by atoms with E-state index in [1.165, 1.54) is 0 Å². The number of anilines is 1. The van der Waals surface area contributed by atoms with Gasteiger partial charge in [-0.1, -0.05) is 13.3 Å². The summed E-state index contributed by atoms with van der Waals surface area (Å²) in [7, 11) is 1.67. The predicted octanol–water partition coefficient (Wildman–Crippen LogP) is 0.805. The quantitative estimate of drug-likeness (QED) is 0.830. The molecule has 1 atom stereocenters. The van der Waals surface area contributed by atoms with E-state index >= 15 is 0 Å². The molecule has 3 N–H and O–H groups in total. The van der Waals surface area contributed by atoms with Crippen LogP contribution in [0, 0.1) is 0 Å². The van der Waals surface area contributed by atoms with Gasteiger partial charge in [0, 0.05) is 20.2 Å². The van der Waals surface area contributed by atoms with Crippen molar-refractivity contribution >= 4 is 11.6 Å². The zero-order valence-corrected chi connectivity index (χ0v) is 10.9. The molecule has 18 heavy (non-hydrogen) atoms. The number of nitrogen functional groups attached to an aromatic ring is 1. The molecule has 1 amide bonds. The summed E-state index contributed by atoms with van der Waals surface area (Å²) in [5.41, 5.74) is 7.63. The number of likely N-dealkylation sites (tertiary alicyclic amines) is 1. The Morgan fingerprint density at radius 1 is 1.67 bits per heavy atom. The van der Waals surface area contributed by atoms with E-state index in [0.717, 1.165) is 25.0 Å². The third kappa shape index (κ3) is 2.33. The summed E-state index contributed by atoms with van der Waals surface area (Å²) in [5.74, 6) is -0.106. The first kappa shape index (κ1) is 12.9. The third-order valence-electron chi connectivity index (χ3n) is 3.35. The maximum Gasteiger partial charge on any atom is 0.276 e. The summed E-state index contributed by atoms with van der Waals surface area (Å²) in [4.78, 5) is 14.0. The summed E-state index contributed by atoms with van der Waals surface area (Å²) in [5, 5.41) is 6.90. The molecule has 1 unspecified atom stereocenters. The van der Waals surface area contributed by atoms with Crippen LogP contribution in [0.2, 0.25) is 0 Å². The lowest BCUT2D eigenvalue weighted by molar-refractivity contribution is 0.0720. The van der Waals surface area contributed by atoms with Crippen molar-refractivity contribution in [3.8, 4) is 0 Å². The molecule has 6 nitrogen and oxygen atoms in total. The Kier molecular flexibility index (Phi) is 3.86. The molecule has 1 aliphatic heterocycles. The van der Waals surface area contributed by atoms with E-state index in [0.29, 0.717) is 24.5 Å². The van der Waals surface area contributed by atoms with Gasteiger partial charge in [0.2, 0.25) is 0 Å². The number of aromatic nitrogens is 2. The summed E-state index contributed by atoms with van der Waals surface area (Å²) in [6.07, 6.45) is 2.78. The van der Waals surface area contributed by atoms with Crippen LogP contribution in [0.25, 0.3) is 0 Å². The van der Waals surface area contributed by atoms with Gasteiger partial charge < -0.3 is 15.4 Å². The normalized spacial score (nSPS) is 19.4. The highest BCUT2D eigenvalue weighted by molar-refractivity contribution is 5.97. The van der Waals surface area contributed by atoms with Crippen molar-refractivity contribution in [2.45, 2.75) is 32.3 Å². The fraction of sp³-hybridized carbons (Fsp3) is 0.667. The van der Waals surface area contributed by atoms with Crippen molar-refractivity contribution in [2.75, 3.05) is 25.9 Å². The van der Waals surface area contributed by atoms with E-state index in [1.54, 1.807) is 12.0 Å². The highest BCUT2D eigenvalue weighted by Crippen LogP contribution is 2.20. The highest BCUT2D eigenvalue weighted by atomic mass is 16.5. The summed E-state index contributed by atoms with van der Waals surface area (Å²) >= 11 is 0. The Balaban J connectivity index is 2.10. The van der Waals surface area contributed by atoms with Crippen molar-refractivity contribution in [3.63, 3.8) is 0 Å². The van der Waals surface area contributed by atoms with Crippen LogP contribution in [-0.2, 0) is 11.2 Å². The Bertz CT molecular complexity index is 430. The molecule has 1 aromatic rings. The van der Waals surface area contributed by atoms with E-state index in [1.807, 2.05) is 0 Å². The van der Waals surface area contributed by atoms with E-state index < -0.39 is 0 Å². The lowest BCUT2D eigenvalue weighted by Gasteiger charge is -2.14. The Labute approximate surface area is 106 Å². The van der Waals surface area contributed by atoms with E-state index in [4.69, 9.17) is 10.5 Å². The number of carbonyl (C=O) groups is 1. The first-order valence-electron chi connectivity index (χ1n) is 6.32. The number of aryl methyl sites for hydroxylation is 1. The fourth-order valence-electron chi connectivity index (χ4n) is 2.25. The van der Waals surface area contributed by atoms with Gasteiger partial charge in [-0.05, 0) is 12.8 Å². The van der Waals surface area contributed by atoms with Crippen LogP contribution in [0.5, 0.6) is 0 Å². The number of ether oxygens (including phenoxy) is 1. The van der Waals surface area contributed by atoms with Gasteiger partial charge in [-0.3, -0.25) is 9.89 Å². The molecule has 2 heterocycles. The first-order chi connectivity index (χ1) is 8.67. The predicted molar refractivity (Wildman–Crippen MR) is 68.3 cm³/mol. The minimum absolute atomic E-state index is 0.106. The number of rotatable bonds is 4. The van der Waals surface area contributed by atoms with Crippen molar-refractivity contribution < 1.29 is 9.53 Å².